The number of hydrogen-bond acceptors (Lipinski definition) is 1. The first kappa shape index (κ1) is 13.6. The summed E-state index contributed by atoms with van der Waals surface area (Å²) in [6, 6.07) is 11.3. The van der Waals surface area contributed by atoms with Gasteiger partial charge in [-0.15, -0.1) is 0 Å². The lowest BCUT2D eigenvalue weighted by molar-refractivity contribution is 0.102. The van der Waals surface area contributed by atoms with Crippen LogP contribution in [0.5, 0.6) is 0 Å². The second-order valence-corrected chi connectivity index (χ2v) is 5.24. The number of aromatic amines is 1. The third-order valence-electron chi connectivity index (χ3n) is 3.19. The highest BCUT2D eigenvalue weighted by Crippen LogP contribution is 2.22. The van der Waals surface area contributed by atoms with Gasteiger partial charge in [-0.05, 0) is 49.4 Å². The number of halogens is 2. The van der Waals surface area contributed by atoms with Gasteiger partial charge in [0.15, 0.2) is 0 Å². The highest BCUT2D eigenvalue weighted by Gasteiger charge is 2.11. The summed E-state index contributed by atoms with van der Waals surface area (Å²) in [6.45, 7) is 1.97. The number of aryl methyl sites for hydroxylation is 1. The smallest absolute Gasteiger partial charge is 0.257 e. The van der Waals surface area contributed by atoms with Crippen LogP contribution in [0.2, 0.25) is 5.02 Å². The van der Waals surface area contributed by atoms with E-state index in [1.807, 2.05) is 25.1 Å². The minimum atomic E-state index is -0.472. The number of nitrogens with one attached hydrogen (secondary N) is 2. The van der Waals surface area contributed by atoms with E-state index >= 15 is 0 Å². The first-order valence-corrected chi connectivity index (χ1v) is 6.76. The molecule has 0 aliphatic carbocycles. The van der Waals surface area contributed by atoms with E-state index in [9.17, 15) is 9.18 Å². The molecule has 2 aromatic carbocycles. The molecule has 0 saturated heterocycles. The van der Waals surface area contributed by atoms with E-state index in [1.165, 1.54) is 12.1 Å². The average Bonchev–Trinajstić information content (AvgIpc) is 2.77. The number of fused-ring (bicyclic) bond motifs is 1. The van der Waals surface area contributed by atoms with Crippen LogP contribution in [-0.4, -0.2) is 10.9 Å². The van der Waals surface area contributed by atoms with Crippen LogP contribution in [0.4, 0.5) is 10.1 Å². The largest absolute Gasteiger partial charge is 0.359 e. The van der Waals surface area contributed by atoms with Crippen molar-refractivity contribution in [3.05, 3.63) is 64.6 Å². The SMILES string of the molecule is Cc1cc2cc(NC(=O)c3ccc(F)cc3Cl)ccc2[nH]1. The van der Waals surface area contributed by atoms with Crippen LogP contribution < -0.4 is 5.32 Å². The van der Waals surface area contributed by atoms with E-state index in [0.717, 1.165) is 22.7 Å². The number of carbonyl (C=O) groups excluding carboxylic acids is 1. The Hall–Kier alpha value is -2.33. The number of anilines is 1. The van der Waals surface area contributed by atoms with E-state index < -0.39 is 5.82 Å². The predicted octanol–water partition coefficient (Wildman–Crippen LogP) is 4.52. The molecule has 5 heteroatoms. The highest BCUT2D eigenvalue weighted by molar-refractivity contribution is 6.34. The summed E-state index contributed by atoms with van der Waals surface area (Å²) in [5, 5.41) is 3.86. The molecule has 3 rings (SSSR count). The summed E-state index contributed by atoms with van der Waals surface area (Å²) in [6.07, 6.45) is 0. The van der Waals surface area contributed by atoms with Crippen molar-refractivity contribution in [1.29, 1.82) is 0 Å². The Morgan fingerprint density at radius 2 is 2.00 bits per heavy atom. The van der Waals surface area contributed by atoms with Gasteiger partial charge in [-0.25, -0.2) is 4.39 Å². The quantitative estimate of drug-likeness (QED) is 0.718. The average molecular weight is 303 g/mol. The lowest BCUT2D eigenvalue weighted by Gasteiger charge is -2.07. The lowest BCUT2D eigenvalue weighted by atomic mass is 10.2. The Morgan fingerprint density at radius 1 is 1.19 bits per heavy atom. The fraction of sp³-hybridized carbons (Fsp3) is 0.0625. The van der Waals surface area contributed by atoms with Gasteiger partial charge in [0.2, 0.25) is 0 Å². The van der Waals surface area contributed by atoms with Crippen molar-refractivity contribution in [2.75, 3.05) is 5.32 Å². The number of aromatic nitrogens is 1. The maximum absolute atomic E-state index is 13.0. The molecule has 0 atom stereocenters. The maximum atomic E-state index is 13.0. The Labute approximate surface area is 125 Å². The number of hydrogen-bond donors (Lipinski definition) is 2. The van der Waals surface area contributed by atoms with E-state index in [2.05, 4.69) is 10.3 Å². The lowest BCUT2D eigenvalue weighted by Crippen LogP contribution is -2.12. The molecule has 0 saturated carbocycles. The summed E-state index contributed by atoms with van der Waals surface area (Å²) in [4.78, 5) is 15.4. The second-order valence-electron chi connectivity index (χ2n) is 4.83. The van der Waals surface area contributed by atoms with Crippen LogP contribution in [0, 0.1) is 12.7 Å². The Bertz CT molecular complexity index is 841. The summed E-state index contributed by atoms with van der Waals surface area (Å²) < 4.78 is 13.0. The third kappa shape index (κ3) is 2.76. The molecule has 21 heavy (non-hydrogen) atoms. The van der Waals surface area contributed by atoms with Crippen molar-refractivity contribution < 1.29 is 9.18 Å². The molecular weight excluding hydrogens is 291 g/mol. The van der Waals surface area contributed by atoms with Gasteiger partial charge in [0.25, 0.3) is 5.91 Å². The van der Waals surface area contributed by atoms with Crippen LogP contribution in [0.25, 0.3) is 10.9 Å². The standard InChI is InChI=1S/C16H12ClFN2O/c1-9-6-10-7-12(3-5-15(10)19-9)20-16(21)13-4-2-11(18)8-14(13)17/h2-8,19H,1H3,(H,20,21). The first-order chi connectivity index (χ1) is 10.0. The minimum Gasteiger partial charge on any atom is -0.359 e. The maximum Gasteiger partial charge on any atom is 0.257 e. The van der Waals surface area contributed by atoms with Gasteiger partial charge in [-0.3, -0.25) is 4.79 Å². The number of amides is 1. The topological polar surface area (TPSA) is 44.9 Å². The van der Waals surface area contributed by atoms with Crippen molar-refractivity contribution in [2.45, 2.75) is 6.92 Å². The molecular formula is C16H12ClFN2O. The van der Waals surface area contributed by atoms with E-state index in [0.29, 0.717) is 5.69 Å². The number of carbonyl (C=O) groups is 1. The van der Waals surface area contributed by atoms with Gasteiger partial charge in [0, 0.05) is 22.3 Å². The molecule has 1 amide bonds. The molecule has 3 nitrogen and oxygen atoms in total. The molecule has 1 aromatic heterocycles. The van der Waals surface area contributed by atoms with Gasteiger partial charge >= 0.3 is 0 Å². The van der Waals surface area contributed by atoms with Crippen LogP contribution in [-0.2, 0) is 0 Å². The molecule has 1 heterocycles. The van der Waals surface area contributed by atoms with E-state index in [1.54, 1.807) is 6.07 Å². The van der Waals surface area contributed by atoms with Crippen molar-refractivity contribution >= 4 is 34.1 Å². The second kappa shape index (κ2) is 5.22. The minimum absolute atomic E-state index is 0.0890. The summed E-state index contributed by atoms with van der Waals surface area (Å²) >= 11 is 5.88. The normalized spacial score (nSPS) is 10.8. The van der Waals surface area contributed by atoms with Crippen molar-refractivity contribution in [2.24, 2.45) is 0 Å². The van der Waals surface area contributed by atoms with Gasteiger partial charge in [0.1, 0.15) is 5.82 Å². The summed E-state index contributed by atoms with van der Waals surface area (Å²) in [5.41, 5.74) is 2.95. The van der Waals surface area contributed by atoms with Gasteiger partial charge in [0.05, 0.1) is 10.6 Å². The Balaban J connectivity index is 1.88. The van der Waals surface area contributed by atoms with Crippen LogP contribution in [0.3, 0.4) is 0 Å². The molecule has 0 aliphatic heterocycles. The number of rotatable bonds is 2. The zero-order valence-electron chi connectivity index (χ0n) is 11.2. The molecule has 2 N–H and O–H groups in total. The molecule has 3 aromatic rings. The number of benzene rings is 2. The van der Waals surface area contributed by atoms with Gasteiger partial charge in [-0.2, -0.15) is 0 Å². The Kier molecular flexibility index (Phi) is 3.39. The fourth-order valence-electron chi connectivity index (χ4n) is 2.23. The zero-order valence-corrected chi connectivity index (χ0v) is 12.0. The molecule has 0 fully saturated rings. The molecule has 0 spiro atoms. The van der Waals surface area contributed by atoms with Gasteiger partial charge < -0.3 is 10.3 Å². The molecule has 106 valence electrons. The van der Waals surface area contributed by atoms with E-state index in [-0.39, 0.29) is 16.5 Å². The monoisotopic (exact) mass is 302 g/mol. The van der Waals surface area contributed by atoms with Crippen LogP contribution in [0.15, 0.2) is 42.5 Å². The van der Waals surface area contributed by atoms with Crippen molar-refractivity contribution in [1.82, 2.24) is 4.98 Å². The van der Waals surface area contributed by atoms with Crippen molar-refractivity contribution in [3.8, 4) is 0 Å². The van der Waals surface area contributed by atoms with E-state index in [4.69, 9.17) is 11.6 Å². The summed E-state index contributed by atoms with van der Waals surface area (Å²) in [5.74, 6) is -0.840. The molecule has 0 unspecified atom stereocenters. The van der Waals surface area contributed by atoms with Gasteiger partial charge in [-0.1, -0.05) is 11.6 Å². The summed E-state index contributed by atoms with van der Waals surface area (Å²) in [7, 11) is 0. The predicted molar refractivity (Wildman–Crippen MR) is 82.4 cm³/mol. The first-order valence-electron chi connectivity index (χ1n) is 6.39. The molecule has 0 radical (unpaired) electrons. The Morgan fingerprint density at radius 3 is 2.76 bits per heavy atom. The number of H-pyrrole nitrogens is 1. The van der Waals surface area contributed by atoms with Crippen molar-refractivity contribution in [3.63, 3.8) is 0 Å². The highest BCUT2D eigenvalue weighted by atomic mass is 35.5. The van der Waals surface area contributed by atoms with Crippen LogP contribution >= 0.6 is 11.6 Å². The molecule has 0 aliphatic rings. The third-order valence-corrected chi connectivity index (χ3v) is 3.50. The fourth-order valence-corrected chi connectivity index (χ4v) is 2.48. The van der Waals surface area contributed by atoms with Crippen LogP contribution in [0.1, 0.15) is 16.1 Å². The molecule has 0 bridgehead atoms. The zero-order chi connectivity index (χ0) is 15.0.